The first-order valence-electron chi connectivity index (χ1n) is 7.25. The number of nitrogens with zero attached hydrogens (tertiary/aromatic N) is 1. The van der Waals surface area contributed by atoms with Crippen molar-refractivity contribution in [2.75, 3.05) is 11.1 Å². The molecule has 114 valence electrons. The van der Waals surface area contributed by atoms with Crippen molar-refractivity contribution in [1.82, 2.24) is 9.55 Å². The second kappa shape index (κ2) is 7.17. The van der Waals surface area contributed by atoms with Crippen LogP contribution in [0.2, 0.25) is 0 Å². The zero-order valence-electron chi connectivity index (χ0n) is 12.8. The molecular weight excluding hydrogens is 256 g/mol. The average Bonchev–Trinajstić information content (AvgIpc) is 2.37. The van der Waals surface area contributed by atoms with E-state index in [2.05, 4.69) is 17.2 Å². The molecule has 1 atom stereocenters. The summed E-state index contributed by atoms with van der Waals surface area (Å²) in [6, 6.07) is 0.142. The van der Waals surface area contributed by atoms with E-state index in [-0.39, 0.29) is 17.8 Å². The summed E-state index contributed by atoms with van der Waals surface area (Å²) in [5.74, 6) is 0.488. The minimum atomic E-state index is -0.451. The molecule has 4 N–H and O–H groups in total. The smallest absolute Gasteiger partial charge is 0.330 e. The molecule has 20 heavy (non-hydrogen) atoms. The lowest BCUT2D eigenvalue weighted by molar-refractivity contribution is 0.507. The van der Waals surface area contributed by atoms with Gasteiger partial charge >= 0.3 is 5.69 Å². The summed E-state index contributed by atoms with van der Waals surface area (Å²) in [6.45, 7) is 8.60. The van der Waals surface area contributed by atoms with Gasteiger partial charge in [0.15, 0.2) is 0 Å². The summed E-state index contributed by atoms with van der Waals surface area (Å²) >= 11 is 0. The van der Waals surface area contributed by atoms with Gasteiger partial charge in [-0.2, -0.15) is 0 Å². The van der Waals surface area contributed by atoms with Crippen LogP contribution in [-0.4, -0.2) is 15.6 Å². The van der Waals surface area contributed by atoms with Crippen molar-refractivity contribution < 1.29 is 0 Å². The molecule has 1 heterocycles. The van der Waals surface area contributed by atoms with Gasteiger partial charge in [-0.15, -0.1) is 0 Å². The summed E-state index contributed by atoms with van der Waals surface area (Å²) in [5.41, 5.74) is 5.39. The van der Waals surface area contributed by atoms with E-state index in [0.717, 1.165) is 19.3 Å². The first-order chi connectivity index (χ1) is 9.36. The summed E-state index contributed by atoms with van der Waals surface area (Å²) < 4.78 is 1.42. The first-order valence-corrected chi connectivity index (χ1v) is 7.25. The third kappa shape index (κ3) is 4.15. The van der Waals surface area contributed by atoms with Crippen LogP contribution in [0, 0.1) is 5.92 Å². The van der Waals surface area contributed by atoms with Crippen LogP contribution >= 0.6 is 0 Å². The Kier molecular flexibility index (Phi) is 5.85. The van der Waals surface area contributed by atoms with Crippen LogP contribution in [0.3, 0.4) is 0 Å². The van der Waals surface area contributed by atoms with Crippen LogP contribution in [0.1, 0.15) is 47.0 Å². The maximum atomic E-state index is 11.9. The largest absolute Gasteiger partial charge is 0.383 e. The summed E-state index contributed by atoms with van der Waals surface area (Å²) in [5, 5.41) is 3.13. The van der Waals surface area contributed by atoms with Crippen molar-refractivity contribution in [2.45, 2.75) is 59.5 Å². The number of rotatable bonds is 7. The standard InChI is InChI=1S/C14H26N4O2/c1-5-6-7-10(4)16-11-12(15)18(8-9(2)3)14(20)17-13(11)19/h9-10,16H,5-8,15H2,1-4H3,(H,17,19,20). The number of nitrogens with two attached hydrogens (primary N) is 1. The van der Waals surface area contributed by atoms with Gasteiger partial charge in [0.2, 0.25) is 0 Å². The number of H-pyrrole nitrogens is 1. The molecule has 0 fully saturated rings. The lowest BCUT2D eigenvalue weighted by Crippen LogP contribution is -2.36. The van der Waals surface area contributed by atoms with E-state index in [0.29, 0.717) is 12.2 Å². The van der Waals surface area contributed by atoms with E-state index < -0.39 is 11.2 Å². The Morgan fingerprint density at radius 2 is 1.95 bits per heavy atom. The highest BCUT2D eigenvalue weighted by Crippen LogP contribution is 2.14. The fraction of sp³-hybridized carbons (Fsp3) is 0.714. The lowest BCUT2D eigenvalue weighted by atomic mass is 10.1. The first kappa shape index (κ1) is 16.3. The lowest BCUT2D eigenvalue weighted by Gasteiger charge is -2.18. The molecule has 6 nitrogen and oxygen atoms in total. The zero-order valence-corrected chi connectivity index (χ0v) is 12.8. The molecule has 0 aliphatic rings. The van der Waals surface area contributed by atoms with Crippen LogP contribution < -0.4 is 22.3 Å². The fourth-order valence-electron chi connectivity index (χ4n) is 2.10. The van der Waals surface area contributed by atoms with Gasteiger partial charge in [-0.1, -0.05) is 33.6 Å². The van der Waals surface area contributed by atoms with Crippen molar-refractivity contribution in [3.05, 3.63) is 20.8 Å². The Balaban J connectivity index is 3.07. The number of hydrogen-bond donors (Lipinski definition) is 3. The van der Waals surface area contributed by atoms with Crippen molar-refractivity contribution in [3.8, 4) is 0 Å². The summed E-state index contributed by atoms with van der Waals surface area (Å²) in [6.07, 6.45) is 3.14. The van der Waals surface area contributed by atoms with Crippen molar-refractivity contribution in [3.63, 3.8) is 0 Å². The highest BCUT2D eigenvalue weighted by atomic mass is 16.2. The second-order valence-electron chi connectivity index (χ2n) is 5.71. The van der Waals surface area contributed by atoms with Gasteiger partial charge in [0.05, 0.1) is 0 Å². The summed E-state index contributed by atoms with van der Waals surface area (Å²) in [7, 11) is 0. The van der Waals surface area contributed by atoms with Gasteiger partial charge in [-0.05, 0) is 19.3 Å². The van der Waals surface area contributed by atoms with E-state index in [9.17, 15) is 9.59 Å². The number of anilines is 2. The number of aromatic nitrogens is 2. The van der Waals surface area contributed by atoms with Gasteiger partial charge < -0.3 is 11.1 Å². The third-order valence-corrected chi connectivity index (χ3v) is 3.17. The number of aromatic amines is 1. The molecule has 6 heteroatoms. The van der Waals surface area contributed by atoms with Crippen LogP contribution in [-0.2, 0) is 6.54 Å². The van der Waals surface area contributed by atoms with E-state index in [1.165, 1.54) is 4.57 Å². The number of unbranched alkanes of at least 4 members (excludes halogenated alkanes) is 1. The zero-order chi connectivity index (χ0) is 15.3. The maximum absolute atomic E-state index is 11.9. The Bertz CT molecular complexity index is 545. The molecule has 1 rings (SSSR count). The molecule has 1 aromatic heterocycles. The number of nitrogen functional groups attached to an aromatic ring is 1. The topological polar surface area (TPSA) is 92.9 Å². The van der Waals surface area contributed by atoms with Gasteiger partial charge in [-0.3, -0.25) is 14.3 Å². The maximum Gasteiger partial charge on any atom is 0.330 e. The van der Waals surface area contributed by atoms with E-state index in [1.54, 1.807) is 0 Å². The third-order valence-electron chi connectivity index (χ3n) is 3.17. The van der Waals surface area contributed by atoms with Crippen molar-refractivity contribution in [1.29, 1.82) is 0 Å². The Morgan fingerprint density at radius 3 is 2.50 bits per heavy atom. The van der Waals surface area contributed by atoms with Gasteiger partial charge in [0.1, 0.15) is 11.5 Å². The molecule has 0 aliphatic heterocycles. The van der Waals surface area contributed by atoms with Gasteiger partial charge in [0.25, 0.3) is 5.56 Å². The Labute approximate surface area is 119 Å². The van der Waals surface area contributed by atoms with E-state index in [1.807, 2.05) is 20.8 Å². The van der Waals surface area contributed by atoms with Crippen LogP contribution in [0.15, 0.2) is 9.59 Å². The highest BCUT2D eigenvalue weighted by molar-refractivity contribution is 5.60. The van der Waals surface area contributed by atoms with Gasteiger partial charge in [-0.25, -0.2) is 4.79 Å². The van der Waals surface area contributed by atoms with Crippen molar-refractivity contribution >= 4 is 11.5 Å². The van der Waals surface area contributed by atoms with Gasteiger partial charge in [0, 0.05) is 12.6 Å². The molecule has 0 bridgehead atoms. The Morgan fingerprint density at radius 1 is 1.30 bits per heavy atom. The second-order valence-corrected chi connectivity index (χ2v) is 5.71. The molecule has 0 amide bonds. The SMILES string of the molecule is CCCCC(C)Nc1c(N)n(CC(C)C)c(=O)[nH]c1=O. The molecule has 0 aromatic carbocycles. The molecule has 0 spiro atoms. The minimum absolute atomic E-state index is 0.142. The quantitative estimate of drug-likeness (QED) is 0.710. The molecule has 1 aromatic rings. The molecule has 0 saturated carbocycles. The molecule has 1 unspecified atom stereocenters. The summed E-state index contributed by atoms with van der Waals surface area (Å²) in [4.78, 5) is 26.0. The minimum Gasteiger partial charge on any atom is -0.383 e. The average molecular weight is 282 g/mol. The predicted molar refractivity (Wildman–Crippen MR) is 83.2 cm³/mol. The van der Waals surface area contributed by atoms with Crippen LogP contribution in [0.5, 0.6) is 0 Å². The monoisotopic (exact) mass is 282 g/mol. The van der Waals surface area contributed by atoms with E-state index in [4.69, 9.17) is 5.73 Å². The fourth-order valence-corrected chi connectivity index (χ4v) is 2.10. The number of nitrogens with one attached hydrogen (secondary N) is 2. The molecular formula is C14H26N4O2. The van der Waals surface area contributed by atoms with Crippen LogP contribution in [0.25, 0.3) is 0 Å². The van der Waals surface area contributed by atoms with Crippen molar-refractivity contribution in [2.24, 2.45) is 5.92 Å². The highest BCUT2D eigenvalue weighted by Gasteiger charge is 2.14. The molecule has 0 saturated heterocycles. The number of hydrogen-bond acceptors (Lipinski definition) is 4. The molecule has 0 aliphatic carbocycles. The normalized spacial score (nSPS) is 12.7. The predicted octanol–water partition coefficient (Wildman–Crippen LogP) is 1.77. The Hall–Kier alpha value is -1.72. The van der Waals surface area contributed by atoms with E-state index >= 15 is 0 Å². The molecule has 0 radical (unpaired) electrons. The van der Waals surface area contributed by atoms with Crippen LogP contribution in [0.4, 0.5) is 11.5 Å².